The highest BCUT2D eigenvalue weighted by molar-refractivity contribution is 8.45. The van der Waals surface area contributed by atoms with E-state index in [4.69, 9.17) is 28.9 Å². The van der Waals surface area contributed by atoms with Crippen molar-refractivity contribution in [3.8, 4) is 11.8 Å². The third-order valence-corrected chi connectivity index (χ3v) is 6.87. The monoisotopic (exact) mass is 539 g/mol. The molecule has 3 N–H and O–H groups in total. The largest absolute Gasteiger partial charge is 0.383 e. The second-order valence-electron chi connectivity index (χ2n) is 7.12. The molecule has 1 aliphatic rings. The van der Waals surface area contributed by atoms with Crippen molar-refractivity contribution in [2.45, 2.75) is 23.2 Å². The summed E-state index contributed by atoms with van der Waals surface area (Å²) in [5, 5.41) is 11.4. The van der Waals surface area contributed by atoms with Crippen molar-refractivity contribution in [2.75, 3.05) is 12.0 Å². The number of benzene rings is 1. The van der Waals surface area contributed by atoms with Crippen molar-refractivity contribution >= 4 is 55.2 Å². The minimum Gasteiger partial charge on any atom is -0.383 e. The van der Waals surface area contributed by atoms with Gasteiger partial charge in [0.25, 0.3) is 0 Å². The standard InChI is InChI=1S/C15H12Cl2F5N5O3S2/c1-31(29,30)26-14(28)15(2-3-15)11-10(6-23)25-27(13(11)24)12-8(16)4-7(5-9(12)17)32(18,19,20,21)22/h4-5H,2-3,24H2,1H3,(H,26,28). The van der Waals surface area contributed by atoms with E-state index in [1.165, 1.54) is 0 Å². The van der Waals surface area contributed by atoms with Gasteiger partial charge in [-0.25, -0.2) is 13.1 Å². The highest BCUT2D eigenvalue weighted by atomic mass is 35.5. The molecule has 1 aromatic heterocycles. The fourth-order valence-corrected chi connectivity index (χ4v) is 5.09. The molecule has 176 valence electrons. The lowest BCUT2D eigenvalue weighted by atomic mass is 9.95. The van der Waals surface area contributed by atoms with Gasteiger partial charge in [0.2, 0.25) is 15.9 Å². The summed E-state index contributed by atoms with van der Waals surface area (Å²) < 4.78 is 90.9. The Morgan fingerprint density at radius 1 is 1.25 bits per heavy atom. The zero-order valence-electron chi connectivity index (χ0n) is 15.7. The zero-order chi connectivity index (χ0) is 24.6. The molecule has 0 spiro atoms. The van der Waals surface area contributed by atoms with Crippen LogP contribution < -0.4 is 10.5 Å². The maximum Gasteiger partial charge on any atom is 0.310 e. The Hall–Kier alpha value is -2.28. The van der Waals surface area contributed by atoms with Crippen molar-refractivity contribution in [3.05, 3.63) is 33.4 Å². The lowest BCUT2D eigenvalue weighted by molar-refractivity contribution is -0.121. The van der Waals surface area contributed by atoms with Gasteiger partial charge in [0.15, 0.2) is 5.69 Å². The Morgan fingerprint density at radius 3 is 2.12 bits per heavy atom. The van der Waals surface area contributed by atoms with Crippen molar-refractivity contribution in [1.82, 2.24) is 14.5 Å². The number of nitriles is 1. The molecule has 1 saturated carbocycles. The van der Waals surface area contributed by atoms with Gasteiger partial charge in [0.1, 0.15) is 22.5 Å². The summed E-state index contributed by atoms with van der Waals surface area (Å²) in [7, 11) is -14.1. The first-order chi connectivity index (χ1) is 14.2. The number of hydrogen-bond donors (Lipinski definition) is 2. The van der Waals surface area contributed by atoms with Gasteiger partial charge >= 0.3 is 10.2 Å². The number of anilines is 1. The topological polar surface area (TPSA) is 131 Å². The maximum absolute atomic E-state index is 13.1. The lowest BCUT2D eigenvalue weighted by Gasteiger charge is -2.40. The molecule has 32 heavy (non-hydrogen) atoms. The number of nitrogens with zero attached hydrogens (tertiary/aromatic N) is 3. The number of nitrogen functional groups attached to an aromatic ring is 1. The predicted molar refractivity (Wildman–Crippen MR) is 108 cm³/mol. The molecule has 0 bridgehead atoms. The smallest absolute Gasteiger partial charge is 0.310 e. The summed E-state index contributed by atoms with van der Waals surface area (Å²) in [6.45, 7) is 0. The van der Waals surface area contributed by atoms with Gasteiger partial charge in [0, 0.05) is 5.56 Å². The van der Waals surface area contributed by atoms with E-state index in [1.54, 1.807) is 10.8 Å². The van der Waals surface area contributed by atoms with Gasteiger partial charge < -0.3 is 5.73 Å². The number of carbonyl (C=O) groups excluding carboxylic acids is 1. The SMILES string of the molecule is CS(=O)(=O)NC(=O)C1(c2c(C#N)nn(-c3c(Cl)cc(S(F)(F)(F)(F)F)cc3Cl)c2N)CC1. The van der Waals surface area contributed by atoms with Crippen LogP contribution in [-0.4, -0.2) is 30.4 Å². The van der Waals surface area contributed by atoms with Crippen LogP contribution in [-0.2, 0) is 20.2 Å². The average molecular weight is 540 g/mol. The number of sulfonamides is 1. The number of aromatic nitrogens is 2. The number of hydrogen-bond acceptors (Lipinski definition) is 6. The van der Waals surface area contributed by atoms with Crippen molar-refractivity contribution in [1.29, 1.82) is 5.26 Å². The number of nitrogens with one attached hydrogen (secondary N) is 1. The highest BCUT2D eigenvalue weighted by Crippen LogP contribution is 3.02. The van der Waals surface area contributed by atoms with Crippen molar-refractivity contribution in [3.63, 3.8) is 0 Å². The van der Waals surface area contributed by atoms with E-state index in [9.17, 15) is 37.9 Å². The zero-order valence-corrected chi connectivity index (χ0v) is 18.8. The molecule has 0 aliphatic heterocycles. The van der Waals surface area contributed by atoms with Crippen molar-refractivity contribution in [2.24, 2.45) is 0 Å². The van der Waals surface area contributed by atoms with E-state index in [0.29, 0.717) is 4.68 Å². The molecular weight excluding hydrogens is 528 g/mol. The number of halogens is 7. The van der Waals surface area contributed by atoms with E-state index < -0.39 is 63.7 Å². The van der Waals surface area contributed by atoms with Crippen LogP contribution in [0, 0.1) is 11.3 Å². The molecule has 8 nitrogen and oxygen atoms in total. The number of amides is 1. The molecule has 0 atom stereocenters. The normalized spacial score (nSPS) is 17.7. The van der Waals surface area contributed by atoms with E-state index in [2.05, 4.69) is 5.10 Å². The first kappa shape index (κ1) is 24.4. The second kappa shape index (κ2) is 6.40. The third-order valence-electron chi connectivity index (χ3n) is 4.62. The molecular formula is C15H12Cl2F5N5O3S2. The van der Waals surface area contributed by atoms with Gasteiger partial charge in [-0.2, -0.15) is 10.4 Å². The van der Waals surface area contributed by atoms with Crippen LogP contribution in [0.2, 0.25) is 10.0 Å². The third kappa shape index (κ3) is 4.32. The first-order valence-electron chi connectivity index (χ1n) is 8.25. The van der Waals surface area contributed by atoms with Crippen LogP contribution in [0.4, 0.5) is 25.2 Å². The molecule has 1 aromatic carbocycles. The molecule has 17 heteroatoms. The van der Waals surface area contributed by atoms with Crippen LogP contribution in [0.15, 0.2) is 17.0 Å². The molecule has 1 amide bonds. The molecule has 0 radical (unpaired) electrons. The van der Waals surface area contributed by atoms with E-state index >= 15 is 0 Å². The van der Waals surface area contributed by atoms with Crippen LogP contribution in [0.1, 0.15) is 24.1 Å². The number of rotatable bonds is 5. The van der Waals surface area contributed by atoms with Crippen LogP contribution in [0.5, 0.6) is 0 Å². The van der Waals surface area contributed by atoms with Crippen LogP contribution >= 0.6 is 33.4 Å². The molecule has 0 unspecified atom stereocenters. The summed E-state index contributed by atoms with van der Waals surface area (Å²) in [6, 6.07) is 1.55. The Kier molecular flexibility index (Phi) is 4.87. The van der Waals surface area contributed by atoms with Crippen LogP contribution in [0.3, 0.4) is 0 Å². The lowest BCUT2D eigenvalue weighted by Crippen LogP contribution is -2.38. The fourth-order valence-electron chi connectivity index (χ4n) is 3.10. The molecule has 1 aliphatic carbocycles. The average Bonchev–Trinajstić information content (AvgIpc) is 3.30. The minimum atomic E-state index is -10.1. The Bertz CT molecular complexity index is 1310. The van der Waals surface area contributed by atoms with E-state index in [0.717, 1.165) is 6.26 Å². The molecule has 3 rings (SSSR count). The molecule has 1 fully saturated rings. The van der Waals surface area contributed by atoms with Gasteiger partial charge in [-0.15, -0.1) is 0 Å². The second-order valence-corrected chi connectivity index (χ2v) is 12.1. The van der Waals surface area contributed by atoms with Gasteiger partial charge in [-0.05, 0) is 25.0 Å². The molecule has 1 heterocycles. The van der Waals surface area contributed by atoms with Gasteiger partial charge in [0.05, 0.1) is 21.7 Å². The maximum atomic E-state index is 13.1. The Morgan fingerprint density at radius 2 is 1.75 bits per heavy atom. The quantitative estimate of drug-likeness (QED) is 0.541. The summed E-state index contributed by atoms with van der Waals surface area (Å²) in [6.07, 6.45) is 0.909. The Labute approximate surface area is 187 Å². The first-order valence-corrected chi connectivity index (χ1v) is 12.8. The number of carbonyl (C=O) groups is 1. The van der Waals surface area contributed by atoms with Gasteiger partial charge in [-0.1, -0.05) is 42.6 Å². The van der Waals surface area contributed by atoms with Crippen LogP contribution in [0.25, 0.3) is 5.69 Å². The fraction of sp³-hybridized carbons (Fsp3) is 0.267. The molecule has 2 aromatic rings. The summed E-state index contributed by atoms with van der Waals surface area (Å²) in [5.41, 5.74) is 3.27. The summed E-state index contributed by atoms with van der Waals surface area (Å²) in [5.74, 6) is -1.44. The van der Waals surface area contributed by atoms with Gasteiger partial charge in [-0.3, -0.25) is 9.52 Å². The predicted octanol–water partition coefficient (Wildman–Crippen LogP) is 4.40. The minimum absolute atomic E-state index is 0.0551. The van der Waals surface area contributed by atoms with E-state index in [-0.39, 0.29) is 30.5 Å². The molecule has 0 saturated heterocycles. The van der Waals surface area contributed by atoms with E-state index in [1.807, 2.05) is 0 Å². The number of nitrogens with two attached hydrogens (primary N) is 1. The highest BCUT2D eigenvalue weighted by Gasteiger charge is 2.65. The summed E-state index contributed by atoms with van der Waals surface area (Å²) >= 11 is 11.6. The summed E-state index contributed by atoms with van der Waals surface area (Å²) in [4.78, 5) is 10.2. The van der Waals surface area contributed by atoms with Crippen molar-refractivity contribution < 1.29 is 32.6 Å². The Balaban J connectivity index is 2.21.